The van der Waals surface area contributed by atoms with E-state index in [1.54, 1.807) is 0 Å². The fourth-order valence-corrected chi connectivity index (χ4v) is 7.89. The maximum absolute atomic E-state index is 12.3. The number of hydrogen-bond donors (Lipinski definition) is 0. The first kappa shape index (κ1) is 79.1. The quantitative estimate of drug-likeness (QED) is 0.167. The predicted molar refractivity (Wildman–Crippen MR) is 297 cm³/mol. The Hall–Kier alpha value is -1.43. The second-order valence-electron chi connectivity index (χ2n) is 27.4. The summed E-state index contributed by atoms with van der Waals surface area (Å²) in [5.41, 5.74) is 6.73. The van der Waals surface area contributed by atoms with Crippen molar-refractivity contribution >= 4 is 0 Å². The summed E-state index contributed by atoms with van der Waals surface area (Å²) in [6, 6.07) is 23.5. The molecule has 2 radical (unpaired) electrons. The van der Waals surface area contributed by atoms with Crippen molar-refractivity contribution in [3.63, 3.8) is 0 Å². The van der Waals surface area contributed by atoms with Gasteiger partial charge in [-0.25, -0.2) is 0 Å². The van der Waals surface area contributed by atoms with Crippen LogP contribution in [0.4, 0.5) is 0 Å². The predicted octanol–water partition coefficient (Wildman–Crippen LogP) is 14.7. The Balaban J connectivity index is -0.000000407. The maximum Gasteiger partial charge on any atom is 3.00 e. The van der Waals surface area contributed by atoms with Crippen LogP contribution in [0.1, 0.15) is 236 Å². The van der Waals surface area contributed by atoms with Crippen molar-refractivity contribution in [1.29, 1.82) is 0 Å². The van der Waals surface area contributed by atoms with E-state index in [4.69, 9.17) is 9.47 Å². The molecule has 2 aliphatic rings. The van der Waals surface area contributed by atoms with E-state index in [0.29, 0.717) is 0 Å². The van der Waals surface area contributed by atoms with E-state index in [1.165, 1.54) is 25.7 Å². The Labute approximate surface area is 517 Å². The van der Waals surface area contributed by atoms with Crippen LogP contribution in [0.25, 0.3) is 0 Å². The third kappa shape index (κ3) is 27.0. The summed E-state index contributed by atoms with van der Waals surface area (Å²) in [6.45, 7) is 53.9. The number of rotatable bonds is 0. The monoisotopic (exact) mass is 1310 g/mol. The van der Waals surface area contributed by atoms with E-state index in [0.717, 1.165) is 70.9 Å². The number of benzene rings is 4. The average molecular weight is 1310 g/mol. The molecule has 422 valence electrons. The molecule has 0 amide bonds. The zero-order chi connectivity index (χ0) is 54.5. The van der Waals surface area contributed by atoms with Crippen molar-refractivity contribution in [3.8, 4) is 23.0 Å². The van der Waals surface area contributed by atoms with Gasteiger partial charge in [0.15, 0.2) is 0 Å². The topological polar surface area (TPSA) is 171 Å². The third-order valence-electron chi connectivity index (χ3n) is 12.2. The first-order chi connectivity index (χ1) is 31.6. The summed E-state index contributed by atoms with van der Waals surface area (Å²) in [7, 11) is 0. The molecule has 2 heterocycles. The molecule has 0 spiro atoms. The smallest absolute Gasteiger partial charge is 0.872 e. The largest absolute Gasteiger partial charge is 3.00 e. The van der Waals surface area contributed by atoms with Crippen LogP contribution < -0.4 is 20.4 Å². The minimum Gasteiger partial charge on any atom is -0.872 e. The molecular formula is C64H102Gd2O8. The molecule has 10 heteroatoms. The summed E-state index contributed by atoms with van der Waals surface area (Å²) in [5.74, 6) is 0.824. The molecule has 6 rings (SSSR count). The van der Waals surface area contributed by atoms with E-state index in [1.807, 2.05) is 72.8 Å². The summed E-state index contributed by atoms with van der Waals surface area (Å²) in [5, 5.41) is 49.0. The molecule has 2 fully saturated rings. The van der Waals surface area contributed by atoms with Gasteiger partial charge in [0.25, 0.3) is 0 Å². The Morgan fingerprint density at radius 3 is 0.432 bits per heavy atom. The molecule has 74 heavy (non-hydrogen) atoms. The van der Waals surface area contributed by atoms with Crippen LogP contribution in [0.2, 0.25) is 0 Å². The molecule has 8 nitrogen and oxygen atoms in total. The SMILES string of the molecule is C1CCOC1.C1CCOC1.CC(C)(C)c1cccc(C(C)(C)C)c1[O-].CC(C)(C)c1cccc(C(C)(C)C)c1[O-].CC(C)(C)c1cccc(C(C)(C)C)c1[O-].CC(C)(C)c1cccc(C(C)(C)C)c1[O-].[Gd+3].[Gd+3].[OH-].[OH-]. The normalized spacial score (nSPS) is 13.7. The van der Waals surface area contributed by atoms with Crippen molar-refractivity contribution in [3.05, 3.63) is 117 Å². The Morgan fingerprint density at radius 1 is 0.257 bits per heavy atom. The van der Waals surface area contributed by atoms with E-state index >= 15 is 0 Å². The first-order valence-electron chi connectivity index (χ1n) is 25.9. The van der Waals surface area contributed by atoms with Crippen LogP contribution in [0.5, 0.6) is 23.0 Å². The number of hydrogen-bond acceptors (Lipinski definition) is 8. The minimum atomic E-state index is -0.0711. The van der Waals surface area contributed by atoms with Gasteiger partial charge in [0.1, 0.15) is 0 Å². The van der Waals surface area contributed by atoms with Gasteiger partial charge >= 0.3 is 79.9 Å². The van der Waals surface area contributed by atoms with Crippen LogP contribution in [0.3, 0.4) is 0 Å². The van der Waals surface area contributed by atoms with E-state index in [2.05, 4.69) is 166 Å². The van der Waals surface area contributed by atoms with Crippen molar-refractivity contribution in [2.75, 3.05) is 26.4 Å². The van der Waals surface area contributed by atoms with E-state index in [9.17, 15) is 20.4 Å². The molecule has 0 unspecified atom stereocenters. The van der Waals surface area contributed by atoms with Crippen LogP contribution in [-0.2, 0) is 52.8 Å². The summed E-state index contributed by atoms with van der Waals surface area (Å²) < 4.78 is 9.89. The van der Waals surface area contributed by atoms with Gasteiger partial charge in [-0.05, 0) is 69.0 Å². The van der Waals surface area contributed by atoms with Gasteiger partial charge in [0, 0.05) is 26.4 Å². The van der Waals surface area contributed by atoms with Crippen molar-refractivity contribution in [1.82, 2.24) is 0 Å². The average Bonchev–Trinajstić information content (AvgIpc) is 3.97. The molecule has 2 aliphatic heterocycles. The molecule has 0 atom stereocenters. The summed E-state index contributed by atoms with van der Waals surface area (Å²) in [6.07, 6.45) is 5.11. The molecule has 2 saturated heterocycles. The molecule has 0 saturated carbocycles. The van der Waals surface area contributed by atoms with Gasteiger partial charge in [0.2, 0.25) is 0 Å². The summed E-state index contributed by atoms with van der Waals surface area (Å²) >= 11 is 0. The molecule has 4 aromatic carbocycles. The number of ether oxygens (including phenoxy) is 2. The van der Waals surface area contributed by atoms with Crippen molar-refractivity contribution in [2.24, 2.45) is 0 Å². The Morgan fingerprint density at radius 2 is 0.365 bits per heavy atom. The van der Waals surface area contributed by atoms with Crippen LogP contribution in [0, 0.1) is 79.9 Å². The second kappa shape index (κ2) is 32.6. The fourth-order valence-electron chi connectivity index (χ4n) is 7.89. The zero-order valence-corrected chi connectivity index (χ0v) is 55.2. The fraction of sp³-hybridized carbons (Fsp3) is 0.625. The van der Waals surface area contributed by atoms with Gasteiger partial charge < -0.3 is 40.9 Å². The molecule has 0 aliphatic carbocycles. The second-order valence-corrected chi connectivity index (χ2v) is 27.4. The minimum absolute atomic E-state index is 0. The van der Waals surface area contributed by atoms with Gasteiger partial charge in [0.05, 0.1) is 0 Å². The van der Waals surface area contributed by atoms with Crippen LogP contribution in [-0.4, -0.2) is 37.4 Å². The van der Waals surface area contributed by atoms with Gasteiger partial charge in [-0.15, -0.1) is 23.0 Å². The molecule has 2 N–H and O–H groups in total. The molecule has 4 aromatic rings. The maximum atomic E-state index is 12.3. The van der Waals surface area contributed by atoms with Gasteiger partial charge in [-0.2, -0.15) is 0 Å². The number of para-hydroxylation sites is 4. The third-order valence-corrected chi connectivity index (χ3v) is 12.2. The zero-order valence-electron chi connectivity index (χ0n) is 50.6. The van der Waals surface area contributed by atoms with Crippen molar-refractivity contribution in [2.45, 2.75) is 235 Å². The van der Waals surface area contributed by atoms with E-state index < -0.39 is 0 Å². The first-order valence-corrected chi connectivity index (χ1v) is 25.9. The molecule has 0 bridgehead atoms. The Kier molecular flexibility index (Phi) is 34.8. The standard InChI is InChI=1S/4C14H22O.2C4H8O.2Gd.2H2O/c4*1-13(2,3)10-8-7-9-11(12(10)15)14(4,5)6;2*1-2-4-5-3-1;;;;/h4*7-9,15H,1-6H3;2*1-4H2;;;2*1H2/q;;;;;;2*+3;;/p-6. The van der Waals surface area contributed by atoms with Crippen molar-refractivity contribution < 1.29 is 121 Å². The molecular weight excluding hydrogens is 1210 g/mol. The van der Waals surface area contributed by atoms with Gasteiger partial charge in [-0.1, -0.05) is 283 Å². The van der Waals surface area contributed by atoms with E-state index in [-0.39, 0.29) is 157 Å². The Bertz CT molecular complexity index is 1740. The van der Waals surface area contributed by atoms with Crippen LogP contribution >= 0.6 is 0 Å². The van der Waals surface area contributed by atoms with Crippen LogP contribution in [0.15, 0.2) is 72.8 Å². The van der Waals surface area contributed by atoms with Gasteiger partial charge in [-0.3, -0.25) is 0 Å². The molecule has 0 aromatic heterocycles. The summed E-state index contributed by atoms with van der Waals surface area (Å²) in [4.78, 5) is 0.